The van der Waals surface area contributed by atoms with Crippen molar-refractivity contribution < 1.29 is 10.2 Å². The molecule has 0 aliphatic heterocycles. The molecule has 0 aromatic carbocycles. The highest BCUT2D eigenvalue weighted by Gasteiger charge is 2.06. The molecule has 5 N–H and O–H groups in total. The second-order valence-electron chi connectivity index (χ2n) is 7.62. The number of allylic oxidation sites excluding steroid dienone is 2. The van der Waals surface area contributed by atoms with Crippen LogP contribution < -0.4 is 6.15 Å². The van der Waals surface area contributed by atoms with Gasteiger partial charge in [-0.05, 0) is 44.4 Å². The van der Waals surface area contributed by atoms with Gasteiger partial charge in [-0.3, -0.25) is 0 Å². The summed E-state index contributed by atoms with van der Waals surface area (Å²) in [5, 5.41) is 18.0. The van der Waals surface area contributed by atoms with Crippen molar-refractivity contribution in [3.05, 3.63) is 12.2 Å². The highest BCUT2D eigenvalue weighted by molar-refractivity contribution is 4.81. The second kappa shape index (κ2) is 24.6. The summed E-state index contributed by atoms with van der Waals surface area (Å²) in [6.07, 6.45) is 26.5. The Balaban J connectivity index is 0. The zero-order valence-electron chi connectivity index (χ0n) is 17.8. The normalized spacial score (nSPS) is 11.4. The maximum Gasteiger partial charge on any atom is 0.0433 e. The minimum atomic E-state index is 0. The molecule has 0 unspecified atom stereocenters. The number of aliphatic hydroxyl groups excluding tert-OH is 2. The third-order valence-electron chi connectivity index (χ3n) is 5.20. The maximum atomic E-state index is 9.01. The maximum absolute atomic E-state index is 9.01. The fourth-order valence-electron chi connectivity index (χ4n) is 3.48. The molecule has 0 saturated heterocycles. The minimum Gasteiger partial charge on any atom is -0.396 e. The molecule has 0 atom stereocenters. The van der Waals surface area contributed by atoms with Crippen molar-refractivity contribution in [3.63, 3.8) is 0 Å². The van der Waals surface area contributed by atoms with E-state index in [9.17, 15) is 0 Å². The molecule has 0 bridgehead atoms. The van der Waals surface area contributed by atoms with Crippen LogP contribution in [0.1, 0.15) is 116 Å². The van der Waals surface area contributed by atoms with Crippen LogP contribution in [0.2, 0.25) is 0 Å². The second-order valence-corrected chi connectivity index (χ2v) is 7.62. The first-order valence-corrected chi connectivity index (χ1v) is 11.2. The van der Waals surface area contributed by atoms with Crippen LogP contribution in [0.5, 0.6) is 0 Å². The summed E-state index contributed by atoms with van der Waals surface area (Å²) in [5.74, 6) is 0.520. The van der Waals surface area contributed by atoms with Gasteiger partial charge < -0.3 is 16.4 Å². The Morgan fingerprint density at radius 2 is 1.00 bits per heavy atom. The van der Waals surface area contributed by atoms with E-state index in [2.05, 4.69) is 19.1 Å². The highest BCUT2D eigenvalue weighted by atomic mass is 16.3. The van der Waals surface area contributed by atoms with Crippen LogP contribution in [0.15, 0.2) is 12.2 Å². The van der Waals surface area contributed by atoms with Crippen LogP contribution in [-0.2, 0) is 0 Å². The third kappa shape index (κ3) is 21.7. The summed E-state index contributed by atoms with van der Waals surface area (Å²) in [7, 11) is 0. The van der Waals surface area contributed by atoms with Crippen LogP contribution in [0.3, 0.4) is 0 Å². The van der Waals surface area contributed by atoms with Crippen molar-refractivity contribution in [2.75, 3.05) is 13.2 Å². The molecule has 0 amide bonds. The summed E-state index contributed by atoms with van der Waals surface area (Å²) in [4.78, 5) is 0. The average Bonchev–Trinajstić information content (AvgIpc) is 2.61. The van der Waals surface area contributed by atoms with Gasteiger partial charge in [-0.2, -0.15) is 0 Å². The first-order valence-electron chi connectivity index (χ1n) is 11.2. The molecule has 0 rings (SSSR count). The highest BCUT2D eigenvalue weighted by Crippen LogP contribution is 2.18. The van der Waals surface area contributed by atoms with E-state index in [1.807, 2.05) is 0 Å². The summed E-state index contributed by atoms with van der Waals surface area (Å²) in [6.45, 7) is 2.80. The van der Waals surface area contributed by atoms with Crippen molar-refractivity contribution in [2.24, 2.45) is 5.92 Å². The van der Waals surface area contributed by atoms with Crippen LogP contribution >= 0.6 is 0 Å². The van der Waals surface area contributed by atoms with E-state index in [0.717, 1.165) is 12.8 Å². The van der Waals surface area contributed by atoms with E-state index in [1.165, 1.54) is 96.3 Å². The zero-order valence-corrected chi connectivity index (χ0v) is 17.8. The molecule has 3 heteroatoms. The molecule has 26 heavy (non-hydrogen) atoms. The molecule has 0 fully saturated rings. The summed E-state index contributed by atoms with van der Waals surface area (Å²) in [5.41, 5.74) is 0. The Morgan fingerprint density at radius 1 is 0.577 bits per heavy atom. The molecule has 0 radical (unpaired) electrons. The lowest BCUT2D eigenvalue weighted by Crippen LogP contribution is -2.05. The molecule has 0 aromatic rings. The van der Waals surface area contributed by atoms with Crippen molar-refractivity contribution in [1.29, 1.82) is 0 Å². The number of rotatable bonds is 20. The van der Waals surface area contributed by atoms with Gasteiger partial charge in [0, 0.05) is 13.2 Å². The van der Waals surface area contributed by atoms with Crippen LogP contribution in [-0.4, -0.2) is 23.4 Å². The predicted octanol–water partition coefficient (Wildman–Crippen LogP) is 6.96. The van der Waals surface area contributed by atoms with Crippen molar-refractivity contribution in [3.8, 4) is 0 Å². The van der Waals surface area contributed by atoms with Gasteiger partial charge in [-0.25, -0.2) is 0 Å². The third-order valence-corrected chi connectivity index (χ3v) is 5.20. The Morgan fingerprint density at radius 3 is 1.46 bits per heavy atom. The van der Waals surface area contributed by atoms with E-state index in [-0.39, 0.29) is 19.4 Å². The monoisotopic (exact) mass is 371 g/mol. The quantitative estimate of drug-likeness (QED) is 0.160. The number of unbranched alkanes of at least 4 members (excludes halogenated alkanes) is 12. The van der Waals surface area contributed by atoms with Crippen molar-refractivity contribution in [2.45, 2.75) is 116 Å². The average molecular weight is 372 g/mol. The molecule has 0 aliphatic rings. The van der Waals surface area contributed by atoms with Crippen LogP contribution in [0.4, 0.5) is 0 Å². The first-order chi connectivity index (χ1) is 12.3. The Hall–Kier alpha value is -0.380. The topological polar surface area (TPSA) is 75.5 Å². The van der Waals surface area contributed by atoms with Crippen molar-refractivity contribution >= 4 is 0 Å². The first kappa shape index (κ1) is 27.8. The lowest BCUT2D eigenvalue weighted by atomic mass is 9.94. The van der Waals surface area contributed by atoms with Gasteiger partial charge >= 0.3 is 0 Å². The molecule has 0 aliphatic carbocycles. The lowest BCUT2D eigenvalue weighted by molar-refractivity contribution is 0.207. The minimum absolute atomic E-state index is 0. The summed E-state index contributed by atoms with van der Waals surface area (Å²) in [6, 6.07) is 0. The van der Waals surface area contributed by atoms with Crippen LogP contribution in [0.25, 0.3) is 0 Å². The standard InChI is InChI=1S/C23H46O2.H3N/c1-2-3-4-5-6-7-8-9-10-11-12-13-14-15-16-17-18-23(19-21-24)20-22-25;/h9-10,23-25H,2-8,11-22H2,1H3;1H3/b10-9-;. The molecule has 0 spiro atoms. The number of hydrogen-bond acceptors (Lipinski definition) is 3. The SMILES string of the molecule is CCCCCCCC/C=C\CCCCCCCCC(CCO)CCO.N. The summed E-state index contributed by atoms with van der Waals surface area (Å²) < 4.78 is 0. The van der Waals surface area contributed by atoms with E-state index >= 15 is 0 Å². The van der Waals surface area contributed by atoms with E-state index in [4.69, 9.17) is 10.2 Å². The molecular formula is C23H49NO2. The van der Waals surface area contributed by atoms with Gasteiger partial charge in [0.25, 0.3) is 0 Å². The molecule has 3 nitrogen and oxygen atoms in total. The lowest BCUT2D eigenvalue weighted by Gasteiger charge is -2.13. The largest absolute Gasteiger partial charge is 0.396 e. The number of hydrogen-bond donors (Lipinski definition) is 3. The smallest absolute Gasteiger partial charge is 0.0433 e. The molecule has 0 saturated carbocycles. The molecule has 0 aromatic heterocycles. The Labute approximate surface area is 164 Å². The fraction of sp³-hybridized carbons (Fsp3) is 0.913. The predicted molar refractivity (Wildman–Crippen MR) is 116 cm³/mol. The van der Waals surface area contributed by atoms with Crippen molar-refractivity contribution in [1.82, 2.24) is 6.15 Å². The van der Waals surface area contributed by atoms with E-state index in [0.29, 0.717) is 5.92 Å². The van der Waals surface area contributed by atoms with Gasteiger partial charge in [-0.1, -0.05) is 89.7 Å². The van der Waals surface area contributed by atoms with Gasteiger partial charge in [-0.15, -0.1) is 0 Å². The molecule has 0 heterocycles. The van der Waals surface area contributed by atoms with Gasteiger partial charge in [0.15, 0.2) is 0 Å². The zero-order chi connectivity index (χ0) is 18.4. The number of aliphatic hydroxyl groups is 2. The Kier molecular flexibility index (Phi) is 26.4. The van der Waals surface area contributed by atoms with E-state index < -0.39 is 0 Å². The molecular weight excluding hydrogens is 322 g/mol. The van der Waals surface area contributed by atoms with Crippen LogP contribution in [0, 0.1) is 5.92 Å². The van der Waals surface area contributed by atoms with Gasteiger partial charge in [0.05, 0.1) is 0 Å². The van der Waals surface area contributed by atoms with Gasteiger partial charge in [0.2, 0.25) is 0 Å². The Bertz CT molecular complexity index is 263. The molecule has 158 valence electrons. The van der Waals surface area contributed by atoms with E-state index in [1.54, 1.807) is 0 Å². The fourth-order valence-corrected chi connectivity index (χ4v) is 3.48. The summed E-state index contributed by atoms with van der Waals surface area (Å²) >= 11 is 0. The van der Waals surface area contributed by atoms with Gasteiger partial charge in [0.1, 0.15) is 0 Å².